The third-order valence-corrected chi connectivity index (χ3v) is 4.66. The molecule has 0 spiro atoms. The molecule has 3 nitrogen and oxygen atoms in total. The SMILES string of the molecule is CC1(NS(=O)(=O)CCCl)CCCCC1. The molecule has 0 bridgehead atoms. The maximum absolute atomic E-state index is 11.5. The van der Waals surface area contributed by atoms with Crippen molar-refractivity contribution >= 4 is 21.6 Å². The minimum absolute atomic E-state index is 0.0180. The summed E-state index contributed by atoms with van der Waals surface area (Å²) in [6.45, 7) is 1.98. The number of nitrogens with one attached hydrogen (secondary N) is 1. The van der Waals surface area contributed by atoms with E-state index in [1.54, 1.807) is 0 Å². The summed E-state index contributed by atoms with van der Waals surface area (Å²) in [6, 6.07) is 0. The molecule has 0 aromatic carbocycles. The fraction of sp³-hybridized carbons (Fsp3) is 1.00. The van der Waals surface area contributed by atoms with Crippen LogP contribution < -0.4 is 4.72 Å². The third kappa shape index (κ3) is 3.75. The van der Waals surface area contributed by atoms with Crippen molar-refractivity contribution in [1.82, 2.24) is 4.72 Å². The van der Waals surface area contributed by atoms with Gasteiger partial charge in [-0.1, -0.05) is 19.3 Å². The van der Waals surface area contributed by atoms with Gasteiger partial charge in [-0.2, -0.15) is 0 Å². The molecule has 0 saturated heterocycles. The highest BCUT2D eigenvalue weighted by Gasteiger charge is 2.30. The third-order valence-electron chi connectivity index (χ3n) is 2.70. The molecule has 0 amide bonds. The zero-order valence-corrected chi connectivity index (χ0v) is 10.1. The lowest BCUT2D eigenvalue weighted by Gasteiger charge is -2.34. The Labute approximate surface area is 91.3 Å². The van der Waals surface area contributed by atoms with Crippen LogP contribution >= 0.6 is 11.6 Å². The molecule has 0 unspecified atom stereocenters. The zero-order valence-electron chi connectivity index (χ0n) is 8.55. The van der Waals surface area contributed by atoms with Crippen molar-refractivity contribution in [3.05, 3.63) is 0 Å². The summed E-state index contributed by atoms with van der Waals surface area (Å²) in [4.78, 5) is 0. The Morgan fingerprint density at radius 3 is 2.36 bits per heavy atom. The van der Waals surface area contributed by atoms with E-state index < -0.39 is 10.0 Å². The number of sulfonamides is 1. The number of alkyl halides is 1. The molecule has 0 heterocycles. The summed E-state index contributed by atoms with van der Waals surface area (Å²) < 4.78 is 25.8. The molecule has 1 rings (SSSR count). The molecule has 1 saturated carbocycles. The Bertz CT molecular complexity index is 271. The second-order valence-electron chi connectivity index (χ2n) is 4.23. The summed E-state index contributed by atoms with van der Waals surface area (Å²) in [5.74, 6) is 0.176. The molecule has 1 N–H and O–H groups in total. The van der Waals surface area contributed by atoms with E-state index in [-0.39, 0.29) is 17.2 Å². The monoisotopic (exact) mass is 239 g/mol. The van der Waals surface area contributed by atoms with Crippen LogP contribution in [0.15, 0.2) is 0 Å². The van der Waals surface area contributed by atoms with E-state index in [1.165, 1.54) is 6.42 Å². The van der Waals surface area contributed by atoms with Crippen molar-refractivity contribution < 1.29 is 8.42 Å². The molecule has 1 aliphatic rings. The fourth-order valence-electron chi connectivity index (χ4n) is 1.96. The molecule has 0 aliphatic heterocycles. The van der Waals surface area contributed by atoms with Crippen LogP contribution in [0.5, 0.6) is 0 Å². The maximum atomic E-state index is 11.5. The van der Waals surface area contributed by atoms with Gasteiger partial charge >= 0.3 is 0 Å². The molecule has 1 fully saturated rings. The summed E-state index contributed by atoms with van der Waals surface area (Å²) in [5.41, 5.74) is -0.233. The largest absolute Gasteiger partial charge is 0.213 e. The molecule has 5 heteroatoms. The highest BCUT2D eigenvalue weighted by molar-refractivity contribution is 7.89. The van der Waals surface area contributed by atoms with E-state index in [9.17, 15) is 8.42 Å². The van der Waals surface area contributed by atoms with E-state index in [1.807, 2.05) is 6.92 Å². The molecule has 0 atom stereocenters. The Balaban J connectivity index is 2.57. The second kappa shape index (κ2) is 4.81. The minimum Gasteiger partial charge on any atom is -0.212 e. The Morgan fingerprint density at radius 1 is 1.29 bits per heavy atom. The number of hydrogen-bond donors (Lipinski definition) is 1. The first kappa shape index (κ1) is 12.3. The molecule has 0 aromatic rings. The normalized spacial score (nSPS) is 22.1. The van der Waals surface area contributed by atoms with E-state index in [2.05, 4.69) is 4.72 Å². The minimum atomic E-state index is -3.17. The van der Waals surface area contributed by atoms with Crippen LogP contribution in [0, 0.1) is 0 Å². The second-order valence-corrected chi connectivity index (χ2v) is 6.45. The molecule has 84 valence electrons. The first-order valence-electron chi connectivity index (χ1n) is 5.05. The lowest BCUT2D eigenvalue weighted by Crippen LogP contribution is -2.48. The van der Waals surface area contributed by atoms with Crippen LogP contribution in [-0.4, -0.2) is 25.6 Å². The maximum Gasteiger partial charge on any atom is 0.213 e. The van der Waals surface area contributed by atoms with Crippen LogP contribution in [0.1, 0.15) is 39.0 Å². The van der Waals surface area contributed by atoms with Crippen molar-refractivity contribution in [2.45, 2.75) is 44.6 Å². The molecule has 0 aromatic heterocycles. The van der Waals surface area contributed by atoms with E-state index >= 15 is 0 Å². The summed E-state index contributed by atoms with van der Waals surface area (Å²) in [7, 11) is -3.17. The first-order chi connectivity index (χ1) is 6.47. The van der Waals surface area contributed by atoms with Gasteiger partial charge in [-0.05, 0) is 19.8 Å². The van der Waals surface area contributed by atoms with Gasteiger partial charge < -0.3 is 0 Å². The van der Waals surface area contributed by atoms with E-state index in [0.29, 0.717) is 0 Å². The molecular formula is C9H18ClNO2S. The van der Waals surface area contributed by atoms with Gasteiger partial charge in [-0.3, -0.25) is 0 Å². The summed E-state index contributed by atoms with van der Waals surface area (Å²) in [5, 5.41) is 0. The van der Waals surface area contributed by atoms with Crippen molar-refractivity contribution in [2.75, 3.05) is 11.6 Å². The quantitative estimate of drug-likeness (QED) is 0.762. The highest BCUT2D eigenvalue weighted by atomic mass is 35.5. The van der Waals surface area contributed by atoms with Gasteiger partial charge in [0.05, 0.1) is 5.75 Å². The van der Waals surface area contributed by atoms with Gasteiger partial charge in [0.25, 0.3) is 0 Å². The van der Waals surface area contributed by atoms with Crippen molar-refractivity contribution in [3.63, 3.8) is 0 Å². The van der Waals surface area contributed by atoms with Crippen molar-refractivity contribution in [3.8, 4) is 0 Å². The van der Waals surface area contributed by atoms with Gasteiger partial charge in [0.1, 0.15) is 0 Å². The molecule has 14 heavy (non-hydrogen) atoms. The highest BCUT2D eigenvalue weighted by Crippen LogP contribution is 2.28. The number of hydrogen-bond acceptors (Lipinski definition) is 2. The van der Waals surface area contributed by atoms with Crippen LogP contribution in [0.3, 0.4) is 0 Å². The summed E-state index contributed by atoms with van der Waals surface area (Å²) in [6.07, 6.45) is 5.32. The standard InChI is InChI=1S/C9H18ClNO2S/c1-9(5-3-2-4-6-9)11-14(12,13)8-7-10/h11H,2-8H2,1H3. The van der Waals surface area contributed by atoms with Crippen LogP contribution in [0.25, 0.3) is 0 Å². The van der Waals surface area contributed by atoms with Gasteiger partial charge in [-0.25, -0.2) is 13.1 Å². The van der Waals surface area contributed by atoms with Gasteiger partial charge in [0, 0.05) is 11.4 Å². The van der Waals surface area contributed by atoms with Gasteiger partial charge in [-0.15, -0.1) is 11.6 Å². The molecular weight excluding hydrogens is 222 g/mol. The average Bonchev–Trinajstić information content (AvgIpc) is 2.02. The lowest BCUT2D eigenvalue weighted by atomic mass is 9.84. The predicted octanol–water partition coefficient (Wildman–Crippen LogP) is 1.87. The van der Waals surface area contributed by atoms with E-state index in [0.717, 1.165) is 25.7 Å². The van der Waals surface area contributed by atoms with Crippen LogP contribution in [0.4, 0.5) is 0 Å². The molecule has 1 aliphatic carbocycles. The van der Waals surface area contributed by atoms with Gasteiger partial charge in [0.2, 0.25) is 10.0 Å². The predicted molar refractivity (Wildman–Crippen MR) is 59.1 cm³/mol. The summed E-state index contributed by atoms with van der Waals surface area (Å²) >= 11 is 5.43. The lowest BCUT2D eigenvalue weighted by molar-refractivity contribution is 0.294. The molecule has 0 radical (unpaired) electrons. The Morgan fingerprint density at radius 2 is 1.86 bits per heavy atom. The van der Waals surface area contributed by atoms with E-state index in [4.69, 9.17) is 11.6 Å². The average molecular weight is 240 g/mol. The zero-order chi connectivity index (χ0) is 10.7. The van der Waals surface area contributed by atoms with Gasteiger partial charge in [0.15, 0.2) is 0 Å². The Hall–Kier alpha value is 0.200. The van der Waals surface area contributed by atoms with Crippen LogP contribution in [0.2, 0.25) is 0 Å². The fourth-order valence-corrected chi connectivity index (χ4v) is 3.83. The smallest absolute Gasteiger partial charge is 0.212 e. The topological polar surface area (TPSA) is 46.2 Å². The first-order valence-corrected chi connectivity index (χ1v) is 7.24. The van der Waals surface area contributed by atoms with Crippen LogP contribution in [-0.2, 0) is 10.0 Å². The van der Waals surface area contributed by atoms with Crippen molar-refractivity contribution in [1.29, 1.82) is 0 Å². The number of rotatable bonds is 4. The number of halogens is 1. The van der Waals surface area contributed by atoms with Crippen molar-refractivity contribution in [2.24, 2.45) is 0 Å². The Kier molecular flexibility index (Phi) is 4.22.